The molecule has 4 aromatic rings. The molecule has 1 fully saturated rings. The second-order valence-electron chi connectivity index (χ2n) is 15.1. The quantitative estimate of drug-likeness (QED) is 0.0344. The number of aliphatic carboxylic acids is 4. The van der Waals surface area contributed by atoms with Crippen molar-refractivity contribution in [1.29, 1.82) is 5.41 Å². The maximum absolute atomic E-state index is 13.2. The Bertz CT molecular complexity index is 2400. The Hall–Kier alpha value is -7.61. The first-order chi connectivity index (χ1) is 31.5. The third kappa shape index (κ3) is 16.2. The third-order valence-corrected chi connectivity index (χ3v) is 10.1. The number of nitrogens with zero attached hydrogens (tertiary/aromatic N) is 7. The molecule has 0 spiro atoms. The van der Waals surface area contributed by atoms with E-state index in [9.17, 15) is 54.0 Å². The second kappa shape index (κ2) is 23.9. The van der Waals surface area contributed by atoms with Gasteiger partial charge in [-0.05, 0) is 48.5 Å². The number of nitrogen functional groups attached to an aromatic ring is 1. The lowest BCUT2D eigenvalue weighted by molar-refractivity contribution is -0.308. The van der Waals surface area contributed by atoms with Crippen molar-refractivity contribution in [2.24, 2.45) is 0 Å². The van der Waals surface area contributed by atoms with Crippen molar-refractivity contribution in [3.8, 4) is 0 Å². The van der Waals surface area contributed by atoms with E-state index in [4.69, 9.17) is 15.9 Å². The van der Waals surface area contributed by atoms with Crippen LogP contribution in [0, 0.1) is 5.41 Å². The van der Waals surface area contributed by atoms with E-state index in [1.54, 1.807) is 26.8 Å². The number of hydrogen-bond acceptors (Lipinski definition) is 21. The summed E-state index contributed by atoms with van der Waals surface area (Å²) in [5.41, 5.74) is 7.21. The lowest BCUT2D eigenvalue weighted by atomic mass is 10.1. The summed E-state index contributed by atoms with van der Waals surface area (Å²) in [5.74, 6) is -6.85. The smallest absolute Gasteiger partial charge is 0.344 e. The zero-order valence-corrected chi connectivity index (χ0v) is 35.5. The molecule has 1 aliphatic rings. The summed E-state index contributed by atoms with van der Waals surface area (Å²) in [5, 5.41) is 60.8. The molecule has 1 unspecified atom stereocenters. The molecule has 5 rings (SSSR count). The number of benzene rings is 2. The number of aromatic nitrogens is 4. The number of ether oxygens (including phenoxy) is 1. The standard InChI is InChI=1S/C41H51N13O12/c42-37(25-1-3-26(4-2-25)44-19-29-20-45-38-36(48-29)39(63)50-41(43)49-38)66-30(40(64)65)9-10-31(55)46-27-5-7-28(8-6-27)47-32(56)21-51-11-13-52(22-33(57)58)15-17-54(24-35(61)62)18-16-53(14-12-51)23-34(59)60/h1-8,20,30,42,44H,9-19,21-24H2,(H,46,55)(H,47,56)(H,57,58)(H,59,60)(H,61,62)(H,64,65)(H3,43,45,49,50,63)/p-3. The molecule has 2 aromatic carbocycles. The van der Waals surface area contributed by atoms with Crippen molar-refractivity contribution in [2.45, 2.75) is 25.5 Å². The molecular weight excluding hydrogens is 867 g/mol. The largest absolute Gasteiger partial charge is 0.549 e. The van der Waals surface area contributed by atoms with E-state index in [1.807, 2.05) is 0 Å². The van der Waals surface area contributed by atoms with Crippen LogP contribution in [0.1, 0.15) is 24.1 Å². The molecule has 352 valence electrons. The van der Waals surface area contributed by atoms with Gasteiger partial charge in [0, 0.05) is 107 Å². The molecule has 66 heavy (non-hydrogen) atoms. The molecule has 25 heteroatoms. The number of carbonyl (C=O) groups is 6. The summed E-state index contributed by atoms with van der Waals surface area (Å²) < 4.78 is 5.42. The van der Waals surface area contributed by atoms with Crippen LogP contribution in [0.25, 0.3) is 11.2 Å². The van der Waals surface area contributed by atoms with Gasteiger partial charge in [0.25, 0.3) is 5.56 Å². The Morgan fingerprint density at radius 2 is 1.20 bits per heavy atom. The monoisotopic (exact) mass is 914 g/mol. The summed E-state index contributed by atoms with van der Waals surface area (Å²) in [6, 6.07) is 12.4. The number of fused-ring (bicyclic) bond motifs is 1. The van der Waals surface area contributed by atoms with Gasteiger partial charge in [0.15, 0.2) is 17.3 Å². The first kappa shape index (κ1) is 49.4. The fraction of sp³-hybridized carbons (Fsp3) is 0.390. The Labute approximate surface area is 376 Å². The molecule has 25 nitrogen and oxygen atoms in total. The number of nitrogens with two attached hydrogens (primary N) is 1. The van der Waals surface area contributed by atoms with Gasteiger partial charge < -0.3 is 61.2 Å². The SMILES string of the molecule is N=C(OC(CCC(=O)Nc1ccc(NC(=O)CN2CCN(CC(=O)[O-])CCN(CC(=O)[O-])CCN(CC(=O)[O-])CC2)cc1)C(=O)O)c1ccc(NCc2cnc3nc(N)[nH]c(=O)c3n2)cc1. The predicted molar refractivity (Wildman–Crippen MR) is 229 cm³/mol. The highest BCUT2D eigenvalue weighted by Gasteiger charge is 2.23. The minimum atomic E-state index is -1.52. The van der Waals surface area contributed by atoms with Crippen LogP contribution in [0.3, 0.4) is 0 Å². The van der Waals surface area contributed by atoms with Crippen LogP contribution in [-0.4, -0.2) is 171 Å². The normalized spacial score (nSPS) is 15.1. The minimum absolute atomic E-state index is 0.0303. The van der Waals surface area contributed by atoms with Crippen molar-refractivity contribution >= 4 is 75.8 Å². The van der Waals surface area contributed by atoms with Crippen LogP contribution in [0.4, 0.5) is 23.0 Å². The molecule has 1 atom stereocenters. The Balaban J connectivity index is 1.08. The summed E-state index contributed by atoms with van der Waals surface area (Å²) in [7, 11) is 0. The number of hydrogen-bond donors (Lipinski definition) is 7. The van der Waals surface area contributed by atoms with Crippen LogP contribution in [-0.2, 0) is 40.0 Å². The maximum atomic E-state index is 13.2. The highest BCUT2D eigenvalue weighted by atomic mass is 16.5. The van der Waals surface area contributed by atoms with Gasteiger partial charge in [-0.2, -0.15) is 4.98 Å². The first-order valence-electron chi connectivity index (χ1n) is 20.5. The summed E-state index contributed by atoms with van der Waals surface area (Å²) in [6.07, 6.45) is -0.606. The predicted octanol–water partition coefficient (Wildman–Crippen LogP) is -4.47. The fourth-order valence-corrected chi connectivity index (χ4v) is 6.72. The lowest BCUT2D eigenvalue weighted by Crippen LogP contribution is -2.51. The Morgan fingerprint density at radius 3 is 1.68 bits per heavy atom. The van der Waals surface area contributed by atoms with E-state index in [0.29, 0.717) is 22.8 Å². The zero-order chi connectivity index (χ0) is 47.8. The number of carboxylic acids is 4. The van der Waals surface area contributed by atoms with Gasteiger partial charge >= 0.3 is 5.97 Å². The Kier molecular flexibility index (Phi) is 17.9. The van der Waals surface area contributed by atoms with Crippen LogP contribution in [0.2, 0.25) is 0 Å². The maximum Gasteiger partial charge on any atom is 0.344 e. The topological polar surface area (TPSA) is 372 Å². The number of rotatable bonds is 19. The molecule has 0 radical (unpaired) electrons. The van der Waals surface area contributed by atoms with E-state index in [2.05, 4.69) is 35.9 Å². The lowest BCUT2D eigenvalue weighted by Gasteiger charge is -2.34. The van der Waals surface area contributed by atoms with Gasteiger partial charge in [-0.25, -0.2) is 14.8 Å². The second-order valence-corrected chi connectivity index (χ2v) is 15.1. The number of carbonyl (C=O) groups excluding carboxylic acids is 5. The molecule has 1 saturated heterocycles. The highest BCUT2D eigenvalue weighted by molar-refractivity contribution is 5.95. The van der Waals surface area contributed by atoms with Crippen LogP contribution in [0.15, 0.2) is 59.5 Å². The van der Waals surface area contributed by atoms with Crippen molar-refractivity contribution in [1.82, 2.24) is 39.5 Å². The fourth-order valence-electron chi connectivity index (χ4n) is 6.72. The van der Waals surface area contributed by atoms with E-state index in [1.165, 1.54) is 47.5 Å². The number of amides is 2. The minimum Gasteiger partial charge on any atom is -0.549 e. The van der Waals surface area contributed by atoms with E-state index < -0.39 is 72.9 Å². The van der Waals surface area contributed by atoms with Crippen LogP contribution >= 0.6 is 0 Å². The summed E-state index contributed by atoms with van der Waals surface area (Å²) in [4.78, 5) is 105. The van der Waals surface area contributed by atoms with E-state index in [0.717, 1.165) is 0 Å². The molecule has 1 aliphatic heterocycles. The Morgan fingerprint density at radius 1 is 0.727 bits per heavy atom. The van der Waals surface area contributed by atoms with Gasteiger partial charge in [0.05, 0.1) is 42.9 Å². The van der Waals surface area contributed by atoms with Gasteiger partial charge in [0.1, 0.15) is 0 Å². The van der Waals surface area contributed by atoms with Gasteiger partial charge in [-0.15, -0.1) is 0 Å². The molecule has 2 amide bonds. The van der Waals surface area contributed by atoms with E-state index in [-0.39, 0.29) is 101 Å². The average molecular weight is 915 g/mol. The van der Waals surface area contributed by atoms with Crippen molar-refractivity contribution in [3.05, 3.63) is 76.3 Å². The van der Waals surface area contributed by atoms with Gasteiger partial charge in [-0.3, -0.25) is 44.4 Å². The van der Waals surface area contributed by atoms with E-state index >= 15 is 0 Å². The van der Waals surface area contributed by atoms with Crippen LogP contribution < -0.4 is 42.6 Å². The average Bonchev–Trinajstić information content (AvgIpc) is 3.25. The van der Waals surface area contributed by atoms with Gasteiger partial charge in [-0.1, -0.05) is 0 Å². The van der Waals surface area contributed by atoms with Crippen molar-refractivity contribution in [3.63, 3.8) is 0 Å². The first-order valence-corrected chi connectivity index (χ1v) is 20.5. The number of anilines is 4. The van der Waals surface area contributed by atoms with Crippen LogP contribution in [0.5, 0.6) is 0 Å². The zero-order valence-electron chi connectivity index (χ0n) is 35.5. The number of carboxylic acid groups (broad SMARTS) is 4. The summed E-state index contributed by atoms with van der Waals surface area (Å²) in [6.45, 7) is 0.162. The molecule has 2 aromatic heterocycles. The number of nitrogens with one attached hydrogen (secondary N) is 5. The molecule has 0 aliphatic carbocycles. The van der Waals surface area contributed by atoms with Crippen molar-refractivity contribution in [2.75, 3.05) is 100 Å². The molecule has 0 bridgehead atoms. The number of aromatic amines is 1. The molecule has 8 N–H and O–H groups in total. The third-order valence-electron chi connectivity index (χ3n) is 10.1. The summed E-state index contributed by atoms with van der Waals surface area (Å²) >= 11 is 0. The molecule has 0 saturated carbocycles. The number of H-pyrrole nitrogens is 1. The molecular formula is C41H48N13O12-3. The van der Waals surface area contributed by atoms with Crippen molar-refractivity contribution < 1.29 is 53.9 Å². The van der Waals surface area contributed by atoms with Gasteiger partial charge in [0.2, 0.25) is 23.7 Å². The highest BCUT2D eigenvalue weighted by Crippen LogP contribution is 2.17. The molecule has 3 heterocycles.